The summed E-state index contributed by atoms with van der Waals surface area (Å²) in [4.78, 5) is 36.5. The van der Waals surface area contributed by atoms with Gasteiger partial charge in [-0.25, -0.2) is 14.0 Å². The number of para-hydroxylation sites is 1. The number of hydrogen-bond acceptors (Lipinski definition) is 5. The highest BCUT2D eigenvalue weighted by atomic mass is 19.1. The quantitative estimate of drug-likeness (QED) is 0.657. The molecule has 3 aliphatic rings. The Hall–Kier alpha value is -3.46. The monoisotopic (exact) mass is 458 g/mol. The molecular weight excluding hydrogens is 431 g/mol. The Kier molecular flexibility index (Phi) is 8.00. The summed E-state index contributed by atoms with van der Waals surface area (Å²) in [6.45, 7) is 4.31. The number of carbonyl (C=O) groups excluding carboxylic acids is 1. The molecule has 0 unspecified atom stereocenters. The van der Waals surface area contributed by atoms with Gasteiger partial charge in [0.15, 0.2) is 0 Å². The van der Waals surface area contributed by atoms with Gasteiger partial charge in [-0.2, -0.15) is 0 Å². The second-order valence-corrected chi connectivity index (χ2v) is 8.22. The van der Waals surface area contributed by atoms with Gasteiger partial charge in [-0.15, -0.1) is 0 Å². The van der Waals surface area contributed by atoms with E-state index in [9.17, 15) is 19.1 Å². The van der Waals surface area contributed by atoms with Gasteiger partial charge in [-0.05, 0) is 74.2 Å². The summed E-state index contributed by atoms with van der Waals surface area (Å²) < 4.78 is 20.4. The number of ether oxygens (including phenoxy) is 1. The highest BCUT2D eigenvalue weighted by molar-refractivity contribution is 5.89. The highest BCUT2D eigenvalue weighted by Crippen LogP contribution is 2.31. The number of carboxylic acid groups (broad SMARTS) is 2. The van der Waals surface area contributed by atoms with Gasteiger partial charge in [0.2, 0.25) is 0 Å². The maximum Gasteiger partial charge on any atom is 0.415 e. The van der Waals surface area contributed by atoms with Crippen molar-refractivity contribution in [1.82, 2.24) is 4.90 Å². The molecule has 3 aliphatic heterocycles. The predicted molar refractivity (Wildman–Crippen MR) is 119 cm³/mol. The molecule has 0 saturated carbocycles. The Morgan fingerprint density at radius 3 is 2.45 bits per heavy atom. The second kappa shape index (κ2) is 10.9. The van der Waals surface area contributed by atoms with Crippen molar-refractivity contribution in [3.05, 3.63) is 65.0 Å². The number of carboxylic acids is 1. The zero-order valence-corrected chi connectivity index (χ0v) is 18.3. The van der Waals surface area contributed by atoms with Crippen molar-refractivity contribution in [2.24, 2.45) is 5.92 Å². The highest BCUT2D eigenvalue weighted by Gasteiger charge is 2.37. The average Bonchev–Trinajstić information content (AvgIpc) is 2.79. The van der Waals surface area contributed by atoms with Crippen LogP contribution in [0.15, 0.2) is 42.5 Å². The molecule has 5 rings (SSSR count). The molecule has 33 heavy (non-hydrogen) atoms. The molecule has 1 atom stereocenters. The van der Waals surface area contributed by atoms with Crippen molar-refractivity contribution in [3.8, 4) is 0 Å². The molecule has 3 saturated heterocycles. The first kappa shape index (κ1) is 24.2. The topological polar surface area (TPSA) is 107 Å². The summed E-state index contributed by atoms with van der Waals surface area (Å²) in [5, 5.41) is 16.2. The number of rotatable bonds is 5. The molecule has 0 aliphatic carbocycles. The molecule has 0 spiro atoms. The third-order valence-electron chi connectivity index (χ3n) is 5.94. The minimum Gasteiger partial charge on any atom is -0.483 e. The van der Waals surface area contributed by atoms with Crippen molar-refractivity contribution in [3.63, 3.8) is 0 Å². The maximum atomic E-state index is 14.6. The number of aromatic carboxylic acids is 1. The number of carbonyl (C=O) groups is 3. The van der Waals surface area contributed by atoms with E-state index in [0.29, 0.717) is 18.0 Å². The Morgan fingerprint density at radius 1 is 1.21 bits per heavy atom. The van der Waals surface area contributed by atoms with Gasteiger partial charge in [0, 0.05) is 6.54 Å². The summed E-state index contributed by atoms with van der Waals surface area (Å²) >= 11 is 0. The van der Waals surface area contributed by atoms with E-state index in [0.717, 1.165) is 31.5 Å². The van der Waals surface area contributed by atoms with Gasteiger partial charge in [0.05, 0.1) is 17.8 Å². The standard InChI is InChI=1S/C23H25FN2O4.CH2O2/c1-15-10-16(12-18(11-15)22(27)28)13-26(20-5-3-2-4-19(20)24)23(29)30-21-14-25-8-6-17(21)7-9-25;2-1-3/h2-5,10-12,17,21H,6-9,13-14H2,1H3,(H,27,28);1H,(H,2,3)/t21-;/m0./s1. The molecule has 2 aromatic carbocycles. The SMILES string of the molecule is Cc1cc(CN(C(=O)O[C@H]2CN3CCC2CC3)c2ccccc2F)cc(C(=O)O)c1.O=CO. The molecule has 2 bridgehead atoms. The number of benzene rings is 2. The molecule has 2 N–H and O–H groups in total. The number of anilines is 1. The van der Waals surface area contributed by atoms with Crippen molar-refractivity contribution >= 4 is 24.2 Å². The molecule has 1 amide bonds. The van der Waals surface area contributed by atoms with E-state index in [1.54, 1.807) is 31.2 Å². The Labute approximate surface area is 191 Å². The molecule has 2 aromatic rings. The van der Waals surface area contributed by atoms with Crippen LogP contribution >= 0.6 is 0 Å². The smallest absolute Gasteiger partial charge is 0.415 e. The fraction of sp³-hybridized carbons (Fsp3) is 0.375. The maximum absolute atomic E-state index is 14.6. The summed E-state index contributed by atoms with van der Waals surface area (Å²) in [7, 11) is 0. The minimum atomic E-state index is -1.05. The van der Waals surface area contributed by atoms with Crippen LogP contribution in [-0.4, -0.2) is 59.4 Å². The summed E-state index contributed by atoms with van der Waals surface area (Å²) in [5.41, 5.74) is 1.59. The lowest BCUT2D eigenvalue weighted by Gasteiger charge is -2.44. The molecule has 0 aromatic heterocycles. The van der Waals surface area contributed by atoms with E-state index in [1.807, 2.05) is 0 Å². The first-order chi connectivity index (χ1) is 15.8. The number of aryl methyl sites for hydroxylation is 1. The first-order valence-corrected chi connectivity index (χ1v) is 10.7. The lowest BCUT2D eigenvalue weighted by Crippen LogP contribution is -2.53. The van der Waals surface area contributed by atoms with Crippen molar-refractivity contribution < 1.29 is 33.7 Å². The third kappa shape index (κ3) is 6.07. The van der Waals surface area contributed by atoms with Crippen LogP contribution < -0.4 is 4.90 Å². The van der Waals surface area contributed by atoms with Crippen LogP contribution in [0.1, 0.15) is 34.3 Å². The number of hydrogen-bond donors (Lipinski definition) is 2. The van der Waals surface area contributed by atoms with Gasteiger partial charge in [-0.3, -0.25) is 14.6 Å². The van der Waals surface area contributed by atoms with Crippen molar-refractivity contribution in [1.29, 1.82) is 0 Å². The van der Waals surface area contributed by atoms with Crippen molar-refractivity contribution in [2.45, 2.75) is 32.4 Å². The predicted octanol–water partition coefficient (Wildman–Crippen LogP) is 3.77. The van der Waals surface area contributed by atoms with Gasteiger partial charge in [0.1, 0.15) is 11.9 Å². The average molecular weight is 458 g/mol. The Morgan fingerprint density at radius 2 is 1.88 bits per heavy atom. The van der Waals surface area contributed by atoms with E-state index in [-0.39, 0.29) is 30.4 Å². The van der Waals surface area contributed by atoms with Crippen molar-refractivity contribution in [2.75, 3.05) is 24.5 Å². The molecule has 176 valence electrons. The van der Waals surface area contributed by atoms with E-state index in [2.05, 4.69) is 4.90 Å². The number of amides is 1. The van der Waals surface area contributed by atoms with Crippen LogP contribution in [0.4, 0.5) is 14.9 Å². The van der Waals surface area contributed by atoms with Gasteiger partial charge in [0.25, 0.3) is 6.47 Å². The second-order valence-electron chi connectivity index (χ2n) is 8.22. The van der Waals surface area contributed by atoms with Gasteiger partial charge in [-0.1, -0.05) is 18.2 Å². The lowest BCUT2D eigenvalue weighted by molar-refractivity contribution is -0.122. The first-order valence-electron chi connectivity index (χ1n) is 10.7. The van der Waals surface area contributed by atoms with Gasteiger partial charge >= 0.3 is 12.1 Å². The fourth-order valence-corrected chi connectivity index (χ4v) is 4.42. The third-order valence-corrected chi connectivity index (χ3v) is 5.94. The van der Waals surface area contributed by atoms with Crippen LogP contribution in [0, 0.1) is 18.7 Å². The fourth-order valence-electron chi connectivity index (χ4n) is 4.42. The van der Waals surface area contributed by atoms with Gasteiger partial charge < -0.3 is 14.9 Å². The molecule has 3 fully saturated rings. The molecule has 8 nitrogen and oxygen atoms in total. The minimum absolute atomic E-state index is 0.0167. The summed E-state index contributed by atoms with van der Waals surface area (Å²) in [6, 6.07) is 10.9. The zero-order chi connectivity index (χ0) is 24.0. The molecule has 3 heterocycles. The Bertz CT molecular complexity index is 1010. The van der Waals surface area contributed by atoms with Crippen LogP contribution in [0.3, 0.4) is 0 Å². The normalized spacial score (nSPS) is 20.8. The van der Waals surface area contributed by atoms with E-state index in [1.165, 1.54) is 23.1 Å². The summed E-state index contributed by atoms with van der Waals surface area (Å²) in [6.07, 6.45) is 1.17. The molecule has 0 radical (unpaired) electrons. The van der Waals surface area contributed by atoms with E-state index in [4.69, 9.17) is 14.6 Å². The molecule has 9 heteroatoms. The van der Waals surface area contributed by atoms with E-state index >= 15 is 0 Å². The molecular formula is C24H27FN2O6. The number of nitrogens with zero attached hydrogens (tertiary/aromatic N) is 2. The number of halogens is 1. The van der Waals surface area contributed by atoms with Crippen LogP contribution in [0.25, 0.3) is 0 Å². The lowest BCUT2D eigenvalue weighted by atomic mass is 9.86. The zero-order valence-electron chi connectivity index (χ0n) is 18.3. The van der Waals surface area contributed by atoms with E-state index < -0.39 is 17.9 Å². The summed E-state index contributed by atoms with van der Waals surface area (Å²) in [5.74, 6) is -1.25. The number of piperidine rings is 3. The Balaban J connectivity index is 0.000000968. The number of fused-ring (bicyclic) bond motifs is 3. The van der Waals surface area contributed by atoms with Crippen LogP contribution in [-0.2, 0) is 16.1 Å². The largest absolute Gasteiger partial charge is 0.483 e. The van der Waals surface area contributed by atoms with Crippen LogP contribution in [0.5, 0.6) is 0 Å². The van der Waals surface area contributed by atoms with Crippen LogP contribution in [0.2, 0.25) is 0 Å².